The molecule has 1 aliphatic carbocycles. The molecule has 7 nitrogen and oxygen atoms in total. The summed E-state index contributed by atoms with van der Waals surface area (Å²) in [5.41, 5.74) is 2.00. The van der Waals surface area contributed by atoms with Crippen LogP contribution in [0, 0.1) is 5.92 Å². The maximum absolute atomic E-state index is 13.5. The molecular weight excluding hydrogens is 623 g/mol. The van der Waals surface area contributed by atoms with E-state index in [2.05, 4.69) is 29.6 Å². The molecule has 1 saturated carbocycles. The van der Waals surface area contributed by atoms with Crippen molar-refractivity contribution >= 4 is 14.0 Å². The van der Waals surface area contributed by atoms with E-state index in [0.29, 0.717) is 24.3 Å². The second kappa shape index (κ2) is 15.3. The van der Waals surface area contributed by atoms with Gasteiger partial charge in [-0.05, 0) is 79.6 Å². The maximum Gasteiger partial charge on any atom is 0.434 e. The molecule has 4 aromatic rings. The molecule has 1 aliphatic rings. The minimum Gasteiger partial charge on any atom is -0.490 e. The number of esters is 1. The Bertz CT molecular complexity index is 1590. The summed E-state index contributed by atoms with van der Waals surface area (Å²) in [7, 11) is -1.33. The highest BCUT2D eigenvalue weighted by Crippen LogP contribution is 2.33. The van der Waals surface area contributed by atoms with Crippen molar-refractivity contribution in [3.05, 3.63) is 90.4 Å². The molecule has 0 spiro atoms. The number of alkyl halides is 3. The summed E-state index contributed by atoms with van der Waals surface area (Å²) in [6.07, 6.45) is 2.04. The third-order valence-corrected chi connectivity index (χ3v) is 9.91. The zero-order chi connectivity index (χ0) is 33.4. The van der Waals surface area contributed by atoms with E-state index in [1.54, 1.807) is 12.1 Å². The first kappa shape index (κ1) is 34.4. The molecule has 1 fully saturated rings. The highest BCUT2D eigenvalue weighted by molar-refractivity contribution is 6.76. The number of hydrogen-bond donors (Lipinski definition) is 0. The number of hydrogen-bond acceptors (Lipinski definition) is 6. The fraction of sp³-hybridized carbons (Fsp3) is 0.417. The quantitative estimate of drug-likeness (QED) is 0.0806. The molecule has 2 atom stereocenters. The molecule has 0 saturated heterocycles. The molecule has 0 bridgehead atoms. The standard InChI is InChI=1S/C36H42F3N3O4Si/c1-47(2,3)19-18-44-25-42-23-33(36(37,38)39)41-35(42)29-14-17-32(40-22-29)28-12-15-30(16-13-28)46-31-11-7-10-27(20-31)21-34(43)45-24-26-8-5-4-6-9-26/h4-6,8-9,12-17,22-23,27,31H,7,10-11,18-21,24-25H2,1-3H3/t27-,31-/m1/s1. The van der Waals surface area contributed by atoms with Gasteiger partial charge < -0.3 is 18.8 Å². The van der Waals surface area contributed by atoms with Crippen molar-refractivity contribution in [3.63, 3.8) is 0 Å². The van der Waals surface area contributed by atoms with E-state index in [-0.39, 0.29) is 37.2 Å². The van der Waals surface area contributed by atoms with Crippen LogP contribution in [0.4, 0.5) is 13.2 Å². The van der Waals surface area contributed by atoms with Gasteiger partial charge in [-0.2, -0.15) is 13.2 Å². The van der Waals surface area contributed by atoms with Crippen LogP contribution in [-0.4, -0.2) is 41.3 Å². The molecule has 5 rings (SSSR count). The molecule has 0 amide bonds. The van der Waals surface area contributed by atoms with Gasteiger partial charge in [0, 0.05) is 44.6 Å². The van der Waals surface area contributed by atoms with E-state index in [1.165, 1.54) is 10.8 Å². The number of carbonyl (C=O) groups is 1. The Kier molecular flexibility index (Phi) is 11.2. The van der Waals surface area contributed by atoms with E-state index < -0.39 is 19.9 Å². The van der Waals surface area contributed by atoms with Gasteiger partial charge in [-0.3, -0.25) is 9.78 Å². The fourth-order valence-corrected chi connectivity index (χ4v) is 6.34. The second-order valence-electron chi connectivity index (χ2n) is 13.3. The number of pyridine rings is 1. The molecule has 2 aromatic heterocycles. The number of aromatic nitrogens is 3. The van der Waals surface area contributed by atoms with Crippen LogP contribution in [0.1, 0.15) is 43.4 Å². The lowest BCUT2D eigenvalue weighted by Crippen LogP contribution is -2.27. The van der Waals surface area contributed by atoms with Crippen molar-refractivity contribution in [2.75, 3.05) is 6.61 Å². The third kappa shape index (κ3) is 10.3. The molecule has 0 unspecified atom stereocenters. The van der Waals surface area contributed by atoms with Crippen molar-refractivity contribution in [2.24, 2.45) is 5.92 Å². The van der Waals surface area contributed by atoms with Crippen molar-refractivity contribution in [2.45, 2.75) is 83.4 Å². The van der Waals surface area contributed by atoms with Crippen LogP contribution in [0.2, 0.25) is 25.7 Å². The Balaban J connectivity index is 1.16. The van der Waals surface area contributed by atoms with Crippen LogP contribution in [0.5, 0.6) is 5.75 Å². The molecular formula is C36H42F3N3O4Si. The number of rotatable bonds is 13. The fourth-order valence-electron chi connectivity index (χ4n) is 5.58. The van der Waals surface area contributed by atoms with Gasteiger partial charge in [-0.1, -0.05) is 50.0 Å². The normalized spacial score (nSPS) is 17.0. The summed E-state index contributed by atoms with van der Waals surface area (Å²) < 4.78 is 59.4. The first-order valence-electron chi connectivity index (χ1n) is 16.1. The van der Waals surface area contributed by atoms with Gasteiger partial charge in [0.1, 0.15) is 24.9 Å². The summed E-state index contributed by atoms with van der Waals surface area (Å²) in [5.74, 6) is 0.929. The summed E-state index contributed by atoms with van der Waals surface area (Å²) in [6.45, 7) is 7.40. The summed E-state index contributed by atoms with van der Waals surface area (Å²) in [6, 6.07) is 21.7. The smallest absolute Gasteiger partial charge is 0.434 e. The number of benzene rings is 2. The number of nitrogens with zero attached hydrogens (tertiary/aromatic N) is 3. The largest absolute Gasteiger partial charge is 0.490 e. The average Bonchev–Trinajstić information content (AvgIpc) is 3.48. The Morgan fingerprint density at radius 1 is 0.979 bits per heavy atom. The molecule has 47 heavy (non-hydrogen) atoms. The van der Waals surface area contributed by atoms with Gasteiger partial charge in [0.2, 0.25) is 0 Å². The first-order chi connectivity index (χ1) is 22.4. The molecule has 0 aliphatic heterocycles. The Labute approximate surface area is 275 Å². The van der Waals surface area contributed by atoms with Crippen molar-refractivity contribution in [3.8, 4) is 28.4 Å². The SMILES string of the molecule is C[Si](C)(C)CCOCn1cc(C(F)(F)F)nc1-c1ccc(-c2ccc(O[C@@H]3CCC[C@@H](CC(=O)OCc4ccccc4)C3)cc2)nc1. The minimum atomic E-state index is -4.57. The maximum atomic E-state index is 13.5. The summed E-state index contributed by atoms with van der Waals surface area (Å²) in [4.78, 5) is 20.8. The summed E-state index contributed by atoms with van der Waals surface area (Å²) >= 11 is 0. The number of ether oxygens (including phenoxy) is 3. The van der Waals surface area contributed by atoms with E-state index >= 15 is 0 Å². The Morgan fingerprint density at radius 2 is 1.72 bits per heavy atom. The van der Waals surface area contributed by atoms with Gasteiger partial charge >= 0.3 is 12.1 Å². The van der Waals surface area contributed by atoms with Crippen molar-refractivity contribution in [1.82, 2.24) is 14.5 Å². The molecule has 250 valence electrons. The Morgan fingerprint density at radius 3 is 2.40 bits per heavy atom. The van der Waals surface area contributed by atoms with E-state index in [0.717, 1.165) is 54.8 Å². The Hall–Kier alpha value is -3.96. The van der Waals surface area contributed by atoms with Crippen LogP contribution in [0.15, 0.2) is 79.1 Å². The van der Waals surface area contributed by atoms with Gasteiger partial charge in [0.15, 0.2) is 5.69 Å². The van der Waals surface area contributed by atoms with Crippen molar-refractivity contribution < 1.29 is 32.2 Å². The zero-order valence-corrected chi connectivity index (χ0v) is 28.1. The van der Waals surface area contributed by atoms with Gasteiger partial charge in [-0.25, -0.2) is 4.98 Å². The van der Waals surface area contributed by atoms with Crippen molar-refractivity contribution in [1.29, 1.82) is 0 Å². The lowest BCUT2D eigenvalue weighted by atomic mass is 9.85. The first-order valence-corrected chi connectivity index (χ1v) is 19.8. The zero-order valence-electron chi connectivity index (χ0n) is 27.1. The topological polar surface area (TPSA) is 75.5 Å². The predicted octanol–water partition coefficient (Wildman–Crippen LogP) is 9.01. The number of carbonyl (C=O) groups excluding carboxylic acids is 1. The molecule has 0 radical (unpaired) electrons. The van der Waals surface area contributed by atoms with E-state index in [1.807, 2.05) is 54.6 Å². The number of halogens is 3. The monoisotopic (exact) mass is 665 g/mol. The second-order valence-corrected chi connectivity index (χ2v) is 19.0. The predicted molar refractivity (Wildman–Crippen MR) is 177 cm³/mol. The molecule has 0 N–H and O–H groups in total. The van der Waals surface area contributed by atoms with E-state index in [9.17, 15) is 18.0 Å². The highest BCUT2D eigenvalue weighted by atomic mass is 28.3. The van der Waals surface area contributed by atoms with Gasteiger partial charge in [-0.15, -0.1) is 0 Å². The van der Waals surface area contributed by atoms with E-state index in [4.69, 9.17) is 14.2 Å². The lowest BCUT2D eigenvalue weighted by Gasteiger charge is -2.29. The van der Waals surface area contributed by atoms with Crippen LogP contribution < -0.4 is 4.74 Å². The van der Waals surface area contributed by atoms with Gasteiger partial charge in [0.05, 0.1) is 11.8 Å². The van der Waals surface area contributed by atoms with Crippen LogP contribution in [-0.2, 0) is 33.8 Å². The average molecular weight is 666 g/mol. The van der Waals surface area contributed by atoms with Crippen LogP contribution in [0.25, 0.3) is 22.6 Å². The van der Waals surface area contributed by atoms with Crippen LogP contribution >= 0.6 is 0 Å². The van der Waals surface area contributed by atoms with Gasteiger partial charge in [0.25, 0.3) is 0 Å². The molecule has 11 heteroatoms. The lowest BCUT2D eigenvalue weighted by molar-refractivity contribution is -0.146. The number of imidazole rings is 1. The highest BCUT2D eigenvalue weighted by Gasteiger charge is 2.35. The summed E-state index contributed by atoms with van der Waals surface area (Å²) in [5, 5.41) is 0. The molecule has 2 heterocycles. The minimum absolute atomic E-state index is 0.0174. The third-order valence-electron chi connectivity index (χ3n) is 8.20. The molecule has 2 aromatic carbocycles. The van der Waals surface area contributed by atoms with Crippen LogP contribution in [0.3, 0.4) is 0 Å².